The van der Waals surface area contributed by atoms with Gasteiger partial charge in [0.2, 0.25) is 5.76 Å². The fourth-order valence-electron chi connectivity index (χ4n) is 4.05. The Balaban J connectivity index is 1.82. The highest BCUT2D eigenvalue weighted by Crippen LogP contribution is 2.27. The van der Waals surface area contributed by atoms with E-state index in [1.165, 1.54) is 12.1 Å². The summed E-state index contributed by atoms with van der Waals surface area (Å²) in [6, 6.07) is 13.0. The Labute approximate surface area is 221 Å². The maximum absolute atomic E-state index is 14.3. The van der Waals surface area contributed by atoms with E-state index in [-0.39, 0.29) is 24.2 Å². The van der Waals surface area contributed by atoms with Crippen LogP contribution in [0.3, 0.4) is 0 Å². The summed E-state index contributed by atoms with van der Waals surface area (Å²) in [6.45, 7) is 4.32. The Morgan fingerprint density at radius 1 is 1.14 bits per heavy atom. The van der Waals surface area contributed by atoms with Crippen LogP contribution in [-0.4, -0.2) is 43.4 Å². The summed E-state index contributed by atoms with van der Waals surface area (Å²) in [5.41, 5.74) is 2.66. The minimum absolute atomic E-state index is 0.109. The van der Waals surface area contributed by atoms with Crippen LogP contribution >= 0.6 is 11.6 Å². The van der Waals surface area contributed by atoms with Gasteiger partial charge in [0.1, 0.15) is 5.82 Å². The van der Waals surface area contributed by atoms with E-state index in [1.54, 1.807) is 38.3 Å². The normalized spacial score (nSPS) is 12.7. The largest absolute Gasteiger partial charge is 0.466 e. The molecule has 3 aromatic rings. The van der Waals surface area contributed by atoms with Crippen molar-refractivity contribution in [2.45, 2.75) is 45.6 Å². The first-order chi connectivity index (χ1) is 17.8. The van der Waals surface area contributed by atoms with Crippen LogP contribution in [0.4, 0.5) is 4.39 Å². The first kappa shape index (κ1) is 28.3. The Hall–Kier alpha value is -3.23. The molecule has 3 rings (SSSR count). The van der Waals surface area contributed by atoms with Gasteiger partial charge in [0.25, 0.3) is 5.91 Å². The molecule has 7 nitrogen and oxygen atoms in total. The van der Waals surface area contributed by atoms with E-state index in [1.807, 2.05) is 19.1 Å². The molecule has 0 unspecified atom stereocenters. The summed E-state index contributed by atoms with van der Waals surface area (Å²) in [5.74, 6) is -1.47. The number of hydrogen-bond donors (Lipinski definition) is 1. The number of nitrogens with one attached hydrogen (secondary N) is 1. The van der Waals surface area contributed by atoms with Crippen LogP contribution in [0.2, 0.25) is 5.02 Å². The molecule has 1 N–H and O–H groups in total. The van der Waals surface area contributed by atoms with Crippen molar-refractivity contribution in [3.63, 3.8) is 0 Å². The van der Waals surface area contributed by atoms with Gasteiger partial charge in [0.05, 0.1) is 18.2 Å². The molecular weight excluding hydrogens is 499 g/mol. The van der Waals surface area contributed by atoms with E-state index in [0.29, 0.717) is 54.1 Å². The Bertz CT molecular complexity index is 1180. The van der Waals surface area contributed by atoms with Gasteiger partial charge in [-0.15, -0.1) is 0 Å². The van der Waals surface area contributed by atoms with E-state index in [2.05, 4.69) is 10.5 Å². The Morgan fingerprint density at radius 3 is 2.54 bits per heavy atom. The molecule has 0 radical (unpaired) electrons. The molecule has 0 spiro atoms. The topological polar surface area (TPSA) is 90.7 Å². The molecule has 0 aliphatic carbocycles. The summed E-state index contributed by atoms with van der Waals surface area (Å²) in [6.07, 6.45) is 1.87. The standard InChI is InChI=1S/C28H32ClFN2O5/c1-4-22-17-26(37-32-22)27(33)31-23(15-20(12-13-35-3)28(34)36-5-2)14-18-6-8-19(9-7-18)24-16-21(29)10-11-25(24)30/h6-11,16-17,20,23H,4-5,12-15H2,1-3H3,(H,31,33)/t20-,23-/m1/s1. The maximum Gasteiger partial charge on any atom is 0.309 e. The van der Waals surface area contributed by atoms with Gasteiger partial charge >= 0.3 is 5.97 Å². The fourth-order valence-corrected chi connectivity index (χ4v) is 4.23. The smallest absolute Gasteiger partial charge is 0.309 e. The molecule has 0 aliphatic heterocycles. The Morgan fingerprint density at radius 2 is 1.89 bits per heavy atom. The molecule has 9 heteroatoms. The Kier molecular flexibility index (Phi) is 10.7. The lowest BCUT2D eigenvalue weighted by atomic mass is 9.92. The van der Waals surface area contributed by atoms with Gasteiger partial charge in [0.15, 0.2) is 0 Å². The van der Waals surface area contributed by atoms with E-state index in [9.17, 15) is 14.0 Å². The van der Waals surface area contributed by atoms with Crippen LogP contribution in [0, 0.1) is 11.7 Å². The summed E-state index contributed by atoms with van der Waals surface area (Å²) in [7, 11) is 1.57. The van der Waals surface area contributed by atoms with Gasteiger partial charge in [0, 0.05) is 36.4 Å². The molecule has 0 aliphatic rings. The van der Waals surface area contributed by atoms with Crippen molar-refractivity contribution in [2.24, 2.45) is 5.92 Å². The lowest BCUT2D eigenvalue weighted by Crippen LogP contribution is -2.39. The number of halogens is 2. The number of aryl methyl sites for hydroxylation is 1. The van der Waals surface area contributed by atoms with Crippen LogP contribution in [0.25, 0.3) is 11.1 Å². The molecule has 1 heterocycles. The first-order valence-electron chi connectivity index (χ1n) is 12.3. The van der Waals surface area contributed by atoms with Crippen molar-refractivity contribution in [3.8, 4) is 11.1 Å². The predicted molar refractivity (Wildman–Crippen MR) is 139 cm³/mol. The van der Waals surface area contributed by atoms with E-state index in [4.69, 9.17) is 25.6 Å². The summed E-state index contributed by atoms with van der Waals surface area (Å²) in [5, 5.41) is 7.32. The van der Waals surface area contributed by atoms with Gasteiger partial charge in [-0.2, -0.15) is 0 Å². The number of nitrogens with zero attached hydrogens (tertiary/aromatic N) is 1. The second kappa shape index (κ2) is 13.9. The number of carbonyl (C=O) groups is 2. The van der Waals surface area contributed by atoms with Crippen LogP contribution < -0.4 is 5.32 Å². The van der Waals surface area contributed by atoms with Gasteiger partial charge in [-0.25, -0.2) is 4.39 Å². The molecular formula is C28H32ClFN2O5. The van der Waals surface area contributed by atoms with Gasteiger partial charge < -0.3 is 19.3 Å². The second-order valence-corrected chi connectivity index (χ2v) is 9.13. The molecule has 1 aromatic heterocycles. The number of carbonyl (C=O) groups excluding carboxylic acids is 2. The highest BCUT2D eigenvalue weighted by molar-refractivity contribution is 6.30. The number of hydrogen-bond acceptors (Lipinski definition) is 6. The third kappa shape index (κ3) is 8.13. The minimum atomic E-state index is -0.467. The average Bonchev–Trinajstić information content (AvgIpc) is 3.38. The molecule has 1 amide bonds. The molecule has 0 saturated heterocycles. The van der Waals surface area contributed by atoms with Crippen molar-refractivity contribution >= 4 is 23.5 Å². The number of rotatable bonds is 13. The molecule has 198 valence electrons. The molecule has 0 saturated carbocycles. The van der Waals surface area contributed by atoms with E-state index in [0.717, 1.165) is 5.56 Å². The number of ether oxygens (including phenoxy) is 2. The molecule has 0 fully saturated rings. The van der Waals surface area contributed by atoms with Gasteiger partial charge in [-0.1, -0.05) is 47.9 Å². The summed E-state index contributed by atoms with van der Waals surface area (Å²) >= 11 is 6.04. The first-order valence-corrected chi connectivity index (χ1v) is 12.7. The number of benzene rings is 2. The number of esters is 1. The van der Waals surface area contributed by atoms with Crippen LogP contribution in [0.5, 0.6) is 0 Å². The van der Waals surface area contributed by atoms with Crippen LogP contribution in [-0.2, 0) is 27.1 Å². The second-order valence-electron chi connectivity index (χ2n) is 8.70. The van der Waals surface area contributed by atoms with E-state index < -0.39 is 17.9 Å². The maximum atomic E-state index is 14.3. The zero-order valence-electron chi connectivity index (χ0n) is 21.3. The summed E-state index contributed by atoms with van der Waals surface area (Å²) < 4.78 is 29.9. The lowest BCUT2D eigenvalue weighted by molar-refractivity contribution is -0.149. The fraction of sp³-hybridized carbons (Fsp3) is 0.393. The highest BCUT2D eigenvalue weighted by Gasteiger charge is 2.27. The third-order valence-corrected chi connectivity index (χ3v) is 6.25. The van der Waals surface area contributed by atoms with E-state index >= 15 is 0 Å². The van der Waals surface area contributed by atoms with Crippen molar-refractivity contribution in [2.75, 3.05) is 20.3 Å². The van der Waals surface area contributed by atoms with Gasteiger partial charge in [-0.05, 0) is 61.9 Å². The zero-order valence-corrected chi connectivity index (χ0v) is 22.0. The van der Waals surface area contributed by atoms with Crippen molar-refractivity contribution in [1.29, 1.82) is 0 Å². The average molecular weight is 531 g/mol. The predicted octanol–water partition coefficient (Wildman–Crippen LogP) is 5.64. The number of amides is 1. The molecule has 0 bridgehead atoms. The molecule has 2 atom stereocenters. The molecule has 37 heavy (non-hydrogen) atoms. The zero-order chi connectivity index (χ0) is 26.8. The monoisotopic (exact) mass is 530 g/mol. The quantitative estimate of drug-likeness (QED) is 0.287. The van der Waals surface area contributed by atoms with Crippen LogP contribution in [0.15, 0.2) is 53.1 Å². The lowest BCUT2D eigenvalue weighted by Gasteiger charge is -2.23. The molecule has 2 aromatic carbocycles. The third-order valence-electron chi connectivity index (χ3n) is 6.02. The van der Waals surface area contributed by atoms with Crippen molar-refractivity contribution < 1.29 is 28.0 Å². The van der Waals surface area contributed by atoms with Crippen LogP contribution in [0.1, 0.15) is 48.5 Å². The minimum Gasteiger partial charge on any atom is -0.466 e. The highest BCUT2D eigenvalue weighted by atomic mass is 35.5. The van der Waals surface area contributed by atoms with Crippen molar-refractivity contribution in [3.05, 3.63) is 76.4 Å². The van der Waals surface area contributed by atoms with Crippen molar-refractivity contribution in [1.82, 2.24) is 10.5 Å². The number of aromatic nitrogens is 1. The van der Waals surface area contributed by atoms with Gasteiger partial charge in [-0.3, -0.25) is 9.59 Å². The summed E-state index contributed by atoms with van der Waals surface area (Å²) in [4.78, 5) is 25.6. The SMILES string of the molecule is CCOC(=O)[C@H](CCOC)C[C@@H](Cc1ccc(-c2cc(Cl)ccc2F)cc1)NC(=O)c1cc(CC)no1. The number of methoxy groups -OCH3 is 1.